The van der Waals surface area contributed by atoms with E-state index in [9.17, 15) is 9.59 Å². The van der Waals surface area contributed by atoms with Crippen LogP contribution >= 0.6 is 31.9 Å². The second-order valence-corrected chi connectivity index (χ2v) is 7.49. The third-order valence-electron chi connectivity index (χ3n) is 4.16. The van der Waals surface area contributed by atoms with Gasteiger partial charge in [0.05, 0.1) is 10.9 Å². The van der Waals surface area contributed by atoms with Crippen LogP contribution in [-0.4, -0.2) is 19.8 Å². The van der Waals surface area contributed by atoms with Crippen molar-refractivity contribution in [2.45, 2.75) is 51.6 Å². The highest BCUT2D eigenvalue weighted by molar-refractivity contribution is 9.09. The molecule has 1 heterocycles. The third kappa shape index (κ3) is 4.82. The van der Waals surface area contributed by atoms with Crippen LogP contribution < -0.4 is 11.2 Å². The number of benzene rings is 1. The number of aromatic nitrogens is 2. The molecule has 0 N–H and O–H groups in total. The zero-order chi connectivity index (χ0) is 17.4. The van der Waals surface area contributed by atoms with Crippen molar-refractivity contribution in [1.29, 1.82) is 0 Å². The van der Waals surface area contributed by atoms with Gasteiger partial charge in [-0.15, -0.1) is 0 Å². The van der Waals surface area contributed by atoms with Gasteiger partial charge in [-0.05, 0) is 37.8 Å². The quantitative estimate of drug-likeness (QED) is 0.392. The number of rotatable bonds is 10. The highest BCUT2D eigenvalue weighted by Crippen LogP contribution is 2.10. The van der Waals surface area contributed by atoms with Gasteiger partial charge in [0.2, 0.25) is 0 Å². The summed E-state index contributed by atoms with van der Waals surface area (Å²) in [5.74, 6) is 0. The highest BCUT2D eigenvalue weighted by Gasteiger charge is 2.12. The molecule has 0 saturated carbocycles. The van der Waals surface area contributed by atoms with E-state index in [-0.39, 0.29) is 11.2 Å². The maximum Gasteiger partial charge on any atom is 0.331 e. The van der Waals surface area contributed by atoms with Crippen LogP contribution in [0.25, 0.3) is 10.9 Å². The minimum Gasteiger partial charge on any atom is -0.293 e. The molecule has 0 unspecified atom stereocenters. The Kier molecular flexibility index (Phi) is 8.25. The number of aryl methyl sites for hydroxylation is 1. The summed E-state index contributed by atoms with van der Waals surface area (Å²) in [6, 6.07) is 7.44. The van der Waals surface area contributed by atoms with Crippen LogP contribution in [0.3, 0.4) is 0 Å². The Morgan fingerprint density at radius 3 is 1.96 bits per heavy atom. The van der Waals surface area contributed by atoms with Gasteiger partial charge in [0, 0.05) is 23.7 Å². The minimum atomic E-state index is -0.170. The summed E-state index contributed by atoms with van der Waals surface area (Å²) in [5, 5.41) is 2.57. The lowest BCUT2D eigenvalue weighted by atomic mass is 10.2. The summed E-state index contributed by atoms with van der Waals surface area (Å²) in [7, 11) is 0. The van der Waals surface area contributed by atoms with Gasteiger partial charge in [0.1, 0.15) is 0 Å². The number of hydrogen-bond acceptors (Lipinski definition) is 2. The molecule has 0 fully saturated rings. The van der Waals surface area contributed by atoms with Gasteiger partial charge in [-0.2, -0.15) is 0 Å². The molecule has 0 bridgehead atoms. The maximum absolute atomic E-state index is 12.8. The molecule has 0 atom stereocenters. The van der Waals surface area contributed by atoms with Crippen LogP contribution in [0.2, 0.25) is 0 Å². The zero-order valence-corrected chi connectivity index (χ0v) is 17.0. The van der Waals surface area contributed by atoms with Crippen LogP contribution in [0.5, 0.6) is 0 Å². The van der Waals surface area contributed by atoms with Gasteiger partial charge in [0.15, 0.2) is 0 Å². The van der Waals surface area contributed by atoms with Gasteiger partial charge in [0.25, 0.3) is 5.56 Å². The second-order valence-electron chi connectivity index (χ2n) is 5.91. The summed E-state index contributed by atoms with van der Waals surface area (Å²) < 4.78 is 3.19. The number of alkyl halides is 2. The van der Waals surface area contributed by atoms with Crippen LogP contribution in [0, 0.1) is 0 Å². The Labute approximate surface area is 159 Å². The number of fused-ring (bicyclic) bond motifs is 1. The van der Waals surface area contributed by atoms with Gasteiger partial charge in [-0.1, -0.05) is 56.8 Å². The van der Waals surface area contributed by atoms with Crippen molar-refractivity contribution in [2.75, 3.05) is 10.7 Å². The average molecular weight is 460 g/mol. The summed E-state index contributed by atoms with van der Waals surface area (Å²) in [5.41, 5.74) is 0.422. The Hall–Kier alpha value is -0.880. The molecule has 4 nitrogen and oxygen atoms in total. The molecular weight excluding hydrogens is 436 g/mol. The molecule has 0 aliphatic carbocycles. The fourth-order valence-electron chi connectivity index (χ4n) is 2.87. The third-order valence-corrected chi connectivity index (χ3v) is 5.28. The number of para-hydroxylation sites is 1. The molecule has 0 spiro atoms. The van der Waals surface area contributed by atoms with E-state index in [0.29, 0.717) is 18.5 Å². The van der Waals surface area contributed by atoms with Crippen LogP contribution in [-0.2, 0) is 13.1 Å². The number of halogens is 2. The minimum absolute atomic E-state index is 0.161. The average Bonchev–Trinajstić information content (AvgIpc) is 2.60. The van der Waals surface area contributed by atoms with Crippen molar-refractivity contribution in [3.63, 3.8) is 0 Å². The van der Waals surface area contributed by atoms with Gasteiger partial charge < -0.3 is 0 Å². The second kappa shape index (κ2) is 10.2. The fourth-order valence-corrected chi connectivity index (χ4v) is 3.66. The summed E-state index contributed by atoms with van der Waals surface area (Å²) in [4.78, 5) is 25.5. The number of unbranched alkanes of at least 4 members (excludes halogenated alkanes) is 4. The SMILES string of the molecule is O=c1c2ccccc2n(CCCCCBr)c(=O)n1CCCCCBr. The lowest BCUT2D eigenvalue weighted by Gasteiger charge is -2.14. The number of hydrogen-bond donors (Lipinski definition) is 0. The van der Waals surface area contributed by atoms with Gasteiger partial charge >= 0.3 is 5.69 Å². The summed E-state index contributed by atoms with van der Waals surface area (Å²) in [6.45, 7) is 1.16. The lowest BCUT2D eigenvalue weighted by Crippen LogP contribution is -2.40. The summed E-state index contributed by atoms with van der Waals surface area (Å²) >= 11 is 6.85. The Bertz CT molecular complexity index is 768. The molecule has 0 saturated heterocycles. The van der Waals surface area contributed by atoms with Gasteiger partial charge in [-0.25, -0.2) is 4.79 Å². The van der Waals surface area contributed by atoms with Gasteiger partial charge in [-0.3, -0.25) is 13.9 Å². The first-order valence-electron chi connectivity index (χ1n) is 8.55. The van der Waals surface area contributed by atoms with E-state index >= 15 is 0 Å². The Morgan fingerprint density at radius 2 is 1.33 bits per heavy atom. The molecule has 132 valence electrons. The molecule has 2 rings (SSSR count). The zero-order valence-electron chi connectivity index (χ0n) is 13.8. The molecule has 2 aromatic rings. The predicted octanol–water partition coefficient (Wildman–Crippen LogP) is 4.29. The largest absolute Gasteiger partial charge is 0.331 e. The van der Waals surface area contributed by atoms with Crippen LogP contribution in [0.1, 0.15) is 38.5 Å². The lowest BCUT2D eigenvalue weighted by molar-refractivity contribution is 0.519. The number of nitrogens with zero attached hydrogens (tertiary/aromatic N) is 2. The standard InChI is InChI=1S/C18H24Br2N2O2/c19-11-5-1-7-13-21-16-10-4-3-9-15(16)17(23)22(18(21)24)14-8-2-6-12-20/h3-4,9-10H,1-2,5-8,11-14H2. The summed E-state index contributed by atoms with van der Waals surface area (Å²) in [6.07, 6.45) is 6.02. The highest BCUT2D eigenvalue weighted by atomic mass is 79.9. The molecule has 0 aliphatic heterocycles. The molecule has 1 aromatic heterocycles. The molecule has 6 heteroatoms. The molecule has 24 heavy (non-hydrogen) atoms. The van der Waals surface area contributed by atoms with E-state index in [1.165, 1.54) is 4.57 Å². The van der Waals surface area contributed by atoms with Crippen molar-refractivity contribution in [1.82, 2.24) is 9.13 Å². The molecule has 0 radical (unpaired) electrons. The van der Waals surface area contributed by atoms with Crippen molar-refractivity contribution < 1.29 is 0 Å². The molecule has 0 amide bonds. The van der Waals surface area contributed by atoms with Crippen LogP contribution in [0.4, 0.5) is 0 Å². The van der Waals surface area contributed by atoms with E-state index in [4.69, 9.17) is 0 Å². The Balaban J connectivity index is 2.35. The first kappa shape index (κ1) is 19.4. The predicted molar refractivity (Wildman–Crippen MR) is 108 cm³/mol. The topological polar surface area (TPSA) is 44.0 Å². The smallest absolute Gasteiger partial charge is 0.293 e. The first-order chi connectivity index (χ1) is 11.7. The van der Waals surface area contributed by atoms with E-state index in [2.05, 4.69) is 31.9 Å². The monoisotopic (exact) mass is 458 g/mol. The normalized spacial score (nSPS) is 11.2. The molecule has 0 aliphatic rings. The molecular formula is C18H24Br2N2O2. The fraction of sp³-hybridized carbons (Fsp3) is 0.556. The van der Waals surface area contributed by atoms with Crippen molar-refractivity contribution in [2.24, 2.45) is 0 Å². The maximum atomic E-state index is 12.8. The van der Waals surface area contributed by atoms with E-state index in [0.717, 1.165) is 54.7 Å². The van der Waals surface area contributed by atoms with E-state index < -0.39 is 0 Å². The van der Waals surface area contributed by atoms with Crippen molar-refractivity contribution in [3.8, 4) is 0 Å². The van der Waals surface area contributed by atoms with E-state index in [1.54, 1.807) is 4.57 Å². The van der Waals surface area contributed by atoms with Crippen LogP contribution in [0.15, 0.2) is 33.9 Å². The molecule has 1 aromatic carbocycles. The first-order valence-corrected chi connectivity index (χ1v) is 10.8. The Morgan fingerprint density at radius 1 is 0.750 bits per heavy atom. The van der Waals surface area contributed by atoms with Crippen molar-refractivity contribution >= 4 is 42.8 Å². The van der Waals surface area contributed by atoms with Crippen molar-refractivity contribution in [3.05, 3.63) is 45.1 Å². The van der Waals surface area contributed by atoms with E-state index in [1.807, 2.05) is 24.3 Å².